The Hall–Kier alpha value is -0.780. The molecule has 0 saturated carbocycles. The molecule has 0 aliphatic carbocycles. The van der Waals surface area contributed by atoms with Crippen LogP contribution in [0.15, 0.2) is 29.3 Å². The summed E-state index contributed by atoms with van der Waals surface area (Å²) in [5.74, 6) is 0.644. The number of aryl methyl sites for hydroxylation is 1. The highest BCUT2D eigenvalue weighted by molar-refractivity contribution is 14.0. The Morgan fingerprint density at radius 3 is 2.10 bits per heavy atom. The van der Waals surface area contributed by atoms with E-state index in [4.69, 9.17) is 5.73 Å². The van der Waals surface area contributed by atoms with Crippen LogP contribution < -0.4 is 5.73 Å². The predicted molar refractivity (Wildman–Crippen MR) is 99.0 cm³/mol. The van der Waals surface area contributed by atoms with E-state index in [1.807, 2.05) is 0 Å². The summed E-state index contributed by atoms with van der Waals surface area (Å²) < 4.78 is 0. The lowest BCUT2D eigenvalue weighted by Crippen LogP contribution is -2.38. The minimum Gasteiger partial charge on any atom is -0.370 e. The molecule has 3 nitrogen and oxygen atoms in total. The SMILES string of the molecule is CCN(CC)C(N)=NCC(C)(C)c1ccc(C)cc1.I. The standard InChI is InChI=1S/C16H27N3.HI/c1-6-19(7-2)15(17)18-12-16(4,5)14-10-8-13(3)9-11-14;/h8-11H,6-7,12H2,1-5H3,(H2,17,18);1H. The van der Waals surface area contributed by atoms with Crippen molar-refractivity contribution < 1.29 is 0 Å². The fourth-order valence-electron chi connectivity index (χ4n) is 2.02. The Kier molecular flexibility index (Phi) is 8.16. The highest BCUT2D eigenvalue weighted by Gasteiger charge is 2.20. The monoisotopic (exact) mass is 389 g/mol. The number of benzene rings is 1. The Morgan fingerprint density at radius 1 is 1.15 bits per heavy atom. The van der Waals surface area contributed by atoms with Gasteiger partial charge >= 0.3 is 0 Å². The second kappa shape index (κ2) is 8.49. The van der Waals surface area contributed by atoms with Crippen molar-refractivity contribution in [3.63, 3.8) is 0 Å². The smallest absolute Gasteiger partial charge is 0.191 e. The summed E-state index contributed by atoms with van der Waals surface area (Å²) >= 11 is 0. The van der Waals surface area contributed by atoms with Gasteiger partial charge in [-0.3, -0.25) is 4.99 Å². The minimum absolute atomic E-state index is 0. The number of rotatable bonds is 5. The van der Waals surface area contributed by atoms with E-state index in [9.17, 15) is 0 Å². The van der Waals surface area contributed by atoms with Gasteiger partial charge < -0.3 is 10.6 Å². The van der Waals surface area contributed by atoms with Crippen molar-refractivity contribution in [1.29, 1.82) is 0 Å². The number of aliphatic imine (C=N–C) groups is 1. The average molecular weight is 389 g/mol. The average Bonchev–Trinajstić information content (AvgIpc) is 2.38. The third-order valence-electron chi connectivity index (χ3n) is 3.56. The van der Waals surface area contributed by atoms with Crippen LogP contribution in [0.1, 0.15) is 38.8 Å². The summed E-state index contributed by atoms with van der Waals surface area (Å²) in [6.07, 6.45) is 0. The summed E-state index contributed by atoms with van der Waals surface area (Å²) in [6.45, 7) is 13.2. The maximum Gasteiger partial charge on any atom is 0.191 e. The van der Waals surface area contributed by atoms with E-state index in [1.54, 1.807) is 0 Å². The number of halogens is 1. The zero-order valence-corrected chi connectivity index (χ0v) is 15.6. The summed E-state index contributed by atoms with van der Waals surface area (Å²) in [4.78, 5) is 6.63. The molecule has 1 aromatic carbocycles. The maximum absolute atomic E-state index is 6.02. The zero-order chi connectivity index (χ0) is 14.5. The first-order chi connectivity index (χ1) is 8.90. The second-order valence-electron chi connectivity index (χ2n) is 5.60. The van der Waals surface area contributed by atoms with Crippen LogP contribution in [0.25, 0.3) is 0 Å². The number of nitrogens with two attached hydrogens (primary N) is 1. The lowest BCUT2D eigenvalue weighted by molar-refractivity contribution is 0.451. The van der Waals surface area contributed by atoms with Gasteiger partial charge in [-0.1, -0.05) is 43.7 Å². The van der Waals surface area contributed by atoms with Crippen LogP contribution in [0.4, 0.5) is 0 Å². The molecule has 114 valence electrons. The first-order valence-corrected chi connectivity index (χ1v) is 7.02. The molecular weight excluding hydrogens is 361 g/mol. The summed E-state index contributed by atoms with van der Waals surface area (Å²) in [7, 11) is 0. The molecule has 0 atom stereocenters. The van der Waals surface area contributed by atoms with Crippen LogP contribution in [-0.4, -0.2) is 30.5 Å². The lowest BCUT2D eigenvalue weighted by atomic mass is 9.84. The van der Waals surface area contributed by atoms with Gasteiger partial charge in [0, 0.05) is 18.5 Å². The van der Waals surface area contributed by atoms with E-state index < -0.39 is 0 Å². The molecule has 0 spiro atoms. The van der Waals surface area contributed by atoms with Gasteiger partial charge in [0.15, 0.2) is 5.96 Å². The molecule has 0 bridgehead atoms. The van der Waals surface area contributed by atoms with E-state index in [0.29, 0.717) is 12.5 Å². The molecule has 0 heterocycles. The molecule has 0 unspecified atom stereocenters. The molecule has 1 aromatic rings. The Morgan fingerprint density at radius 2 is 1.65 bits per heavy atom. The molecule has 0 saturated heterocycles. The summed E-state index contributed by atoms with van der Waals surface area (Å²) in [5, 5.41) is 0. The molecule has 20 heavy (non-hydrogen) atoms. The summed E-state index contributed by atoms with van der Waals surface area (Å²) in [6, 6.07) is 8.65. The van der Waals surface area contributed by atoms with Gasteiger partial charge in [-0.05, 0) is 26.3 Å². The van der Waals surface area contributed by atoms with Crippen LogP contribution in [0.5, 0.6) is 0 Å². The van der Waals surface area contributed by atoms with Crippen molar-refractivity contribution in [3.05, 3.63) is 35.4 Å². The van der Waals surface area contributed by atoms with Gasteiger partial charge in [-0.25, -0.2) is 0 Å². The van der Waals surface area contributed by atoms with Crippen molar-refractivity contribution in [2.75, 3.05) is 19.6 Å². The Bertz CT molecular complexity index is 420. The normalized spacial score (nSPS) is 11.9. The van der Waals surface area contributed by atoms with Crippen LogP contribution in [0, 0.1) is 6.92 Å². The lowest BCUT2D eigenvalue weighted by Gasteiger charge is -2.25. The fraction of sp³-hybridized carbons (Fsp3) is 0.562. The van der Waals surface area contributed by atoms with Gasteiger partial charge in [0.1, 0.15) is 0 Å². The maximum atomic E-state index is 6.02. The molecule has 0 aliphatic heterocycles. The van der Waals surface area contributed by atoms with E-state index in [0.717, 1.165) is 13.1 Å². The number of guanidine groups is 1. The van der Waals surface area contributed by atoms with Gasteiger partial charge in [0.25, 0.3) is 0 Å². The van der Waals surface area contributed by atoms with E-state index >= 15 is 0 Å². The van der Waals surface area contributed by atoms with Crippen molar-refractivity contribution >= 4 is 29.9 Å². The molecule has 0 fully saturated rings. The van der Waals surface area contributed by atoms with E-state index in [2.05, 4.69) is 68.8 Å². The van der Waals surface area contributed by atoms with Crippen molar-refractivity contribution in [3.8, 4) is 0 Å². The zero-order valence-electron chi connectivity index (χ0n) is 13.3. The van der Waals surface area contributed by atoms with Gasteiger partial charge in [0.05, 0.1) is 6.54 Å². The molecule has 0 amide bonds. The number of nitrogens with zero attached hydrogens (tertiary/aromatic N) is 2. The quantitative estimate of drug-likeness (QED) is 0.476. The first-order valence-electron chi connectivity index (χ1n) is 7.02. The van der Waals surface area contributed by atoms with Gasteiger partial charge in [-0.2, -0.15) is 0 Å². The van der Waals surface area contributed by atoms with Gasteiger partial charge in [-0.15, -0.1) is 24.0 Å². The predicted octanol–water partition coefficient (Wildman–Crippen LogP) is 3.55. The van der Waals surface area contributed by atoms with Crippen molar-refractivity contribution in [1.82, 2.24) is 4.90 Å². The molecule has 1 rings (SSSR count). The number of hydrogen-bond acceptors (Lipinski definition) is 1. The van der Waals surface area contributed by atoms with E-state index in [1.165, 1.54) is 11.1 Å². The topological polar surface area (TPSA) is 41.6 Å². The van der Waals surface area contributed by atoms with Crippen molar-refractivity contribution in [2.45, 2.75) is 40.0 Å². The van der Waals surface area contributed by atoms with Crippen LogP contribution in [-0.2, 0) is 5.41 Å². The highest BCUT2D eigenvalue weighted by Crippen LogP contribution is 2.23. The molecule has 2 N–H and O–H groups in total. The molecule has 0 aromatic heterocycles. The van der Waals surface area contributed by atoms with Crippen molar-refractivity contribution in [2.24, 2.45) is 10.7 Å². The second-order valence-corrected chi connectivity index (χ2v) is 5.60. The van der Waals surface area contributed by atoms with Crippen LogP contribution in [0.2, 0.25) is 0 Å². The fourth-order valence-corrected chi connectivity index (χ4v) is 2.02. The number of hydrogen-bond donors (Lipinski definition) is 1. The largest absolute Gasteiger partial charge is 0.370 e. The molecule has 0 radical (unpaired) electrons. The van der Waals surface area contributed by atoms with Gasteiger partial charge in [0.2, 0.25) is 0 Å². The Labute approximate surface area is 140 Å². The van der Waals surface area contributed by atoms with Crippen LogP contribution >= 0.6 is 24.0 Å². The molecule has 0 aliphatic rings. The minimum atomic E-state index is 0. The van der Waals surface area contributed by atoms with Crippen LogP contribution in [0.3, 0.4) is 0 Å². The third-order valence-corrected chi connectivity index (χ3v) is 3.56. The Balaban J connectivity index is 0.00000361. The molecular formula is C16H28IN3. The first kappa shape index (κ1) is 19.2. The highest BCUT2D eigenvalue weighted by atomic mass is 127. The van der Waals surface area contributed by atoms with E-state index in [-0.39, 0.29) is 29.4 Å². The summed E-state index contributed by atoms with van der Waals surface area (Å²) in [5.41, 5.74) is 8.61. The molecule has 4 heteroatoms. The third kappa shape index (κ3) is 5.31.